The average Bonchev–Trinajstić information content (AvgIpc) is 3.44. The first-order chi connectivity index (χ1) is 13.8. The Labute approximate surface area is 175 Å². The van der Waals surface area contributed by atoms with Gasteiger partial charge in [-0.2, -0.15) is 0 Å². The minimum Gasteiger partial charge on any atom is -0.340 e. The minimum atomic E-state index is 0.777. The Morgan fingerprint density at radius 3 is 2.68 bits per heavy atom. The van der Waals surface area contributed by atoms with E-state index in [4.69, 9.17) is 0 Å². The van der Waals surface area contributed by atoms with E-state index < -0.39 is 0 Å². The molecule has 0 aliphatic heterocycles. The summed E-state index contributed by atoms with van der Waals surface area (Å²) in [5, 5.41) is 0.945. The standard InChI is InChI=1S/C22H26N4S2/c1-17-20(16-28-22-24-11-12-25-22)23-10-9-21(17)27-14-13-26(19-7-8-19)15-18-5-3-2-4-6-18/h2-6,9-12,19H,7-8,13-16H2,1H3,(H,24,25). The second kappa shape index (κ2) is 9.63. The molecule has 3 aromatic rings. The number of benzene rings is 1. The highest BCUT2D eigenvalue weighted by atomic mass is 32.2. The van der Waals surface area contributed by atoms with Gasteiger partial charge in [-0.1, -0.05) is 42.1 Å². The molecule has 0 spiro atoms. The van der Waals surface area contributed by atoms with Crippen molar-refractivity contribution in [1.29, 1.82) is 0 Å². The molecule has 0 saturated heterocycles. The maximum absolute atomic E-state index is 4.59. The molecule has 0 atom stereocenters. The summed E-state index contributed by atoms with van der Waals surface area (Å²) in [7, 11) is 0. The highest BCUT2D eigenvalue weighted by Gasteiger charge is 2.28. The molecule has 0 unspecified atom stereocenters. The first-order valence-electron chi connectivity index (χ1n) is 9.77. The molecule has 1 N–H and O–H groups in total. The lowest BCUT2D eigenvalue weighted by Crippen LogP contribution is -2.28. The second-order valence-electron chi connectivity index (χ2n) is 7.10. The zero-order chi connectivity index (χ0) is 19.2. The summed E-state index contributed by atoms with van der Waals surface area (Å²) in [6.07, 6.45) is 8.28. The van der Waals surface area contributed by atoms with E-state index in [-0.39, 0.29) is 0 Å². The van der Waals surface area contributed by atoms with E-state index in [0.717, 1.165) is 41.5 Å². The third-order valence-electron chi connectivity index (χ3n) is 5.01. The van der Waals surface area contributed by atoms with Crippen LogP contribution in [0.4, 0.5) is 0 Å². The van der Waals surface area contributed by atoms with Gasteiger partial charge in [-0.15, -0.1) is 11.8 Å². The topological polar surface area (TPSA) is 44.8 Å². The highest BCUT2D eigenvalue weighted by Crippen LogP contribution is 2.31. The molecule has 6 heteroatoms. The van der Waals surface area contributed by atoms with E-state index in [1.165, 1.54) is 28.9 Å². The van der Waals surface area contributed by atoms with Gasteiger partial charge in [-0.05, 0) is 37.0 Å². The Morgan fingerprint density at radius 1 is 1.07 bits per heavy atom. The van der Waals surface area contributed by atoms with Gasteiger partial charge in [-0.25, -0.2) is 4.98 Å². The van der Waals surface area contributed by atoms with Crippen molar-refractivity contribution >= 4 is 23.5 Å². The quantitative estimate of drug-likeness (QED) is 0.468. The fraction of sp³-hybridized carbons (Fsp3) is 0.364. The molecule has 2 heterocycles. The van der Waals surface area contributed by atoms with Crippen LogP contribution < -0.4 is 0 Å². The Kier molecular flexibility index (Phi) is 6.73. The predicted molar refractivity (Wildman–Crippen MR) is 118 cm³/mol. The van der Waals surface area contributed by atoms with Gasteiger partial charge in [0.1, 0.15) is 0 Å². The Bertz CT molecular complexity index is 864. The highest BCUT2D eigenvalue weighted by molar-refractivity contribution is 7.99. The number of nitrogens with one attached hydrogen (secondary N) is 1. The van der Waals surface area contributed by atoms with Gasteiger partial charge in [0, 0.05) is 54.1 Å². The fourth-order valence-corrected chi connectivity index (χ4v) is 5.14. The number of hydrogen-bond donors (Lipinski definition) is 1. The molecule has 1 aromatic carbocycles. The zero-order valence-electron chi connectivity index (χ0n) is 16.2. The van der Waals surface area contributed by atoms with Gasteiger partial charge in [-0.3, -0.25) is 9.88 Å². The molecule has 1 fully saturated rings. The van der Waals surface area contributed by atoms with Gasteiger partial charge >= 0.3 is 0 Å². The van der Waals surface area contributed by atoms with Crippen molar-refractivity contribution in [2.45, 2.75) is 48.2 Å². The molecule has 2 aromatic heterocycles. The van der Waals surface area contributed by atoms with Crippen molar-refractivity contribution in [3.63, 3.8) is 0 Å². The van der Waals surface area contributed by atoms with Crippen LogP contribution in [-0.2, 0) is 12.3 Å². The fourth-order valence-electron chi connectivity index (χ4n) is 3.25. The van der Waals surface area contributed by atoms with Gasteiger partial charge < -0.3 is 4.98 Å². The van der Waals surface area contributed by atoms with Crippen LogP contribution in [0.3, 0.4) is 0 Å². The summed E-state index contributed by atoms with van der Waals surface area (Å²) < 4.78 is 0. The maximum Gasteiger partial charge on any atom is 0.165 e. The van der Waals surface area contributed by atoms with Crippen LogP contribution in [0.1, 0.15) is 29.7 Å². The molecular weight excluding hydrogens is 384 g/mol. The summed E-state index contributed by atoms with van der Waals surface area (Å²) in [5.41, 5.74) is 3.86. The molecule has 28 heavy (non-hydrogen) atoms. The van der Waals surface area contributed by atoms with E-state index >= 15 is 0 Å². The van der Waals surface area contributed by atoms with Crippen LogP contribution in [0.25, 0.3) is 0 Å². The number of rotatable bonds is 10. The molecule has 1 aliphatic carbocycles. The van der Waals surface area contributed by atoms with Crippen molar-refractivity contribution in [2.24, 2.45) is 0 Å². The number of nitrogens with zero attached hydrogens (tertiary/aromatic N) is 3. The van der Waals surface area contributed by atoms with E-state index in [2.05, 4.69) is 63.2 Å². The monoisotopic (exact) mass is 410 g/mol. The summed E-state index contributed by atoms with van der Waals surface area (Å²) in [6, 6.07) is 13.8. The normalized spacial score (nSPS) is 13.9. The third kappa shape index (κ3) is 5.40. The number of aromatic nitrogens is 3. The predicted octanol–water partition coefficient (Wildman–Crippen LogP) is 5.16. The number of thioether (sulfide) groups is 2. The van der Waals surface area contributed by atoms with Crippen LogP contribution in [-0.4, -0.2) is 38.2 Å². The lowest BCUT2D eigenvalue weighted by Gasteiger charge is -2.22. The number of hydrogen-bond acceptors (Lipinski definition) is 5. The largest absolute Gasteiger partial charge is 0.340 e. The van der Waals surface area contributed by atoms with Crippen molar-refractivity contribution in [1.82, 2.24) is 19.9 Å². The summed E-state index contributed by atoms with van der Waals surface area (Å²) in [5.74, 6) is 1.95. The first kappa shape index (κ1) is 19.6. The molecule has 0 radical (unpaired) electrons. The Balaban J connectivity index is 1.31. The van der Waals surface area contributed by atoms with Crippen LogP contribution in [0.15, 0.2) is 65.0 Å². The van der Waals surface area contributed by atoms with Crippen LogP contribution in [0, 0.1) is 6.92 Å². The third-order valence-corrected chi connectivity index (χ3v) is 7.06. The molecule has 4 rings (SSSR count). The number of pyridine rings is 1. The smallest absolute Gasteiger partial charge is 0.165 e. The molecule has 4 nitrogen and oxygen atoms in total. The molecule has 1 aliphatic rings. The van der Waals surface area contributed by atoms with Crippen molar-refractivity contribution in [3.05, 3.63) is 71.8 Å². The first-order valence-corrected chi connectivity index (χ1v) is 11.7. The lowest BCUT2D eigenvalue weighted by atomic mass is 10.2. The Morgan fingerprint density at radius 2 is 1.93 bits per heavy atom. The van der Waals surface area contributed by atoms with Crippen molar-refractivity contribution in [2.75, 3.05) is 12.3 Å². The van der Waals surface area contributed by atoms with Crippen molar-refractivity contribution < 1.29 is 0 Å². The SMILES string of the molecule is Cc1c(SCCN(Cc2ccccc2)C2CC2)ccnc1CSc1ncc[nH]1. The summed E-state index contributed by atoms with van der Waals surface area (Å²) in [6.45, 7) is 4.38. The molecular formula is C22H26N4S2. The molecule has 0 amide bonds. The summed E-state index contributed by atoms with van der Waals surface area (Å²) >= 11 is 3.65. The van der Waals surface area contributed by atoms with Crippen LogP contribution in [0.2, 0.25) is 0 Å². The van der Waals surface area contributed by atoms with Crippen LogP contribution >= 0.6 is 23.5 Å². The second-order valence-corrected chi connectivity index (χ2v) is 9.20. The molecule has 1 saturated carbocycles. The zero-order valence-corrected chi connectivity index (χ0v) is 17.8. The van der Waals surface area contributed by atoms with E-state index in [0.29, 0.717) is 0 Å². The minimum absolute atomic E-state index is 0.777. The molecule has 146 valence electrons. The lowest BCUT2D eigenvalue weighted by molar-refractivity contribution is 0.271. The van der Waals surface area contributed by atoms with Gasteiger partial charge in [0.05, 0.1) is 5.69 Å². The maximum atomic E-state index is 4.59. The van der Waals surface area contributed by atoms with Crippen molar-refractivity contribution in [3.8, 4) is 0 Å². The number of H-pyrrole nitrogens is 1. The van der Waals surface area contributed by atoms with Crippen LogP contribution in [0.5, 0.6) is 0 Å². The number of imidazole rings is 1. The van der Waals surface area contributed by atoms with E-state index in [1.54, 1.807) is 18.0 Å². The van der Waals surface area contributed by atoms with Gasteiger partial charge in [0.25, 0.3) is 0 Å². The summed E-state index contributed by atoms with van der Waals surface area (Å²) in [4.78, 5) is 16.0. The average molecular weight is 411 g/mol. The Hall–Kier alpha value is -1.76. The van der Waals surface area contributed by atoms with E-state index in [9.17, 15) is 0 Å². The van der Waals surface area contributed by atoms with Gasteiger partial charge in [0.2, 0.25) is 0 Å². The van der Waals surface area contributed by atoms with Gasteiger partial charge in [0.15, 0.2) is 5.16 Å². The van der Waals surface area contributed by atoms with E-state index in [1.807, 2.05) is 24.2 Å². The number of aromatic amines is 1. The molecule has 0 bridgehead atoms.